The van der Waals surface area contributed by atoms with Gasteiger partial charge in [0.25, 0.3) is 0 Å². The van der Waals surface area contributed by atoms with Gasteiger partial charge in [0.15, 0.2) is 0 Å². The predicted molar refractivity (Wildman–Crippen MR) is 60.3 cm³/mol. The minimum absolute atomic E-state index is 0.541. The molecule has 0 fully saturated rings. The summed E-state index contributed by atoms with van der Waals surface area (Å²) in [5.74, 6) is 0. The number of amides is 1. The highest BCUT2D eigenvalue weighted by atomic mass is 16.4. The topological polar surface area (TPSA) is 40.5 Å². The van der Waals surface area contributed by atoms with Crippen LogP contribution in [0.1, 0.15) is 16.7 Å². The molecule has 0 aromatic heterocycles. The maximum Gasteiger partial charge on any atom is 0.407 e. The minimum atomic E-state index is -0.875. The first kappa shape index (κ1) is 11.6. The van der Waals surface area contributed by atoms with E-state index in [4.69, 9.17) is 5.11 Å². The van der Waals surface area contributed by atoms with E-state index in [0.717, 1.165) is 6.42 Å². The Balaban J connectivity index is 2.65. The van der Waals surface area contributed by atoms with Gasteiger partial charge in [-0.05, 0) is 31.4 Å². The third-order valence-corrected chi connectivity index (χ3v) is 2.55. The summed E-state index contributed by atoms with van der Waals surface area (Å²) in [6.45, 7) is 4.64. The highest BCUT2D eigenvalue weighted by molar-refractivity contribution is 5.64. The summed E-state index contributed by atoms with van der Waals surface area (Å²) in [6.07, 6.45) is -0.101. The highest BCUT2D eigenvalue weighted by Crippen LogP contribution is 2.11. The number of benzene rings is 1. The van der Waals surface area contributed by atoms with Crippen LogP contribution >= 0.6 is 0 Å². The molecule has 0 radical (unpaired) electrons. The average molecular weight is 207 g/mol. The number of aryl methyl sites for hydroxylation is 2. The van der Waals surface area contributed by atoms with Gasteiger partial charge in [-0.3, -0.25) is 0 Å². The van der Waals surface area contributed by atoms with Crippen LogP contribution in [-0.4, -0.2) is 29.7 Å². The molecule has 3 heteroatoms. The van der Waals surface area contributed by atoms with E-state index in [2.05, 4.69) is 25.1 Å². The largest absolute Gasteiger partial charge is 0.465 e. The molecule has 0 aliphatic rings. The van der Waals surface area contributed by atoms with E-state index in [-0.39, 0.29) is 0 Å². The molecule has 15 heavy (non-hydrogen) atoms. The summed E-state index contributed by atoms with van der Waals surface area (Å²) in [4.78, 5) is 11.9. The second-order valence-electron chi connectivity index (χ2n) is 3.88. The minimum Gasteiger partial charge on any atom is -0.465 e. The molecule has 0 heterocycles. The average Bonchev–Trinajstić information content (AvgIpc) is 2.18. The Morgan fingerprint density at radius 3 is 2.67 bits per heavy atom. The molecule has 1 N–H and O–H groups in total. The molecule has 1 aromatic carbocycles. The van der Waals surface area contributed by atoms with E-state index in [1.165, 1.54) is 21.6 Å². The van der Waals surface area contributed by atoms with Gasteiger partial charge < -0.3 is 10.0 Å². The van der Waals surface area contributed by atoms with Gasteiger partial charge >= 0.3 is 6.09 Å². The Labute approximate surface area is 90.3 Å². The monoisotopic (exact) mass is 207 g/mol. The van der Waals surface area contributed by atoms with Gasteiger partial charge in [-0.2, -0.15) is 0 Å². The first-order valence-electron chi connectivity index (χ1n) is 5.01. The van der Waals surface area contributed by atoms with Crippen LogP contribution in [0.4, 0.5) is 4.79 Å². The lowest BCUT2D eigenvalue weighted by Crippen LogP contribution is -2.27. The van der Waals surface area contributed by atoms with Crippen molar-refractivity contribution >= 4 is 6.09 Å². The molecule has 0 aliphatic carbocycles. The van der Waals surface area contributed by atoms with E-state index >= 15 is 0 Å². The molecule has 1 rings (SSSR count). The number of rotatable bonds is 3. The summed E-state index contributed by atoms with van der Waals surface area (Å²) in [5, 5.41) is 8.71. The second-order valence-corrected chi connectivity index (χ2v) is 3.88. The lowest BCUT2D eigenvalue weighted by molar-refractivity contribution is 0.156. The van der Waals surface area contributed by atoms with Crippen LogP contribution in [0.15, 0.2) is 18.2 Å². The molecule has 0 aliphatic heterocycles. The number of nitrogens with zero attached hydrogens (tertiary/aromatic N) is 1. The lowest BCUT2D eigenvalue weighted by atomic mass is 10.0. The van der Waals surface area contributed by atoms with Crippen LogP contribution < -0.4 is 0 Å². The zero-order valence-electron chi connectivity index (χ0n) is 9.45. The predicted octanol–water partition coefficient (Wildman–Crippen LogP) is 2.46. The fraction of sp³-hybridized carbons (Fsp3) is 0.417. The van der Waals surface area contributed by atoms with Crippen molar-refractivity contribution in [3.05, 3.63) is 34.9 Å². The molecule has 0 spiro atoms. The van der Waals surface area contributed by atoms with Crippen molar-refractivity contribution < 1.29 is 9.90 Å². The van der Waals surface area contributed by atoms with Crippen molar-refractivity contribution in [2.24, 2.45) is 0 Å². The maximum absolute atomic E-state index is 10.6. The molecule has 3 nitrogen and oxygen atoms in total. The Bertz CT molecular complexity index is 361. The summed E-state index contributed by atoms with van der Waals surface area (Å²) < 4.78 is 0. The molecule has 0 saturated heterocycles. The van der Waals surface area contributed by atoms with Gasteiger partial charge in [0, 0.05) is 13.6 Å². The Morgan fingerprint density at radius 1 is 1.40 bits per heavy atom. The summed E-state index contributed by atoms with van der Waals surface area (Å²) in [5.41, 5.74) is 3.66. The SMILES string of the molecule is Cc1ccc(C)c(CCN(C)C(=O)O)c1. The Morgan fingerprint density at radius 2 is 2.07 bits per heavy atom. The Hall–Kier alpha value is -1.51. The molecule has 0 saturated carbocycles. The maximum atomic E-state index is 10.6. The van der Waals surface area contributed by atoms with E-state index in [9.17, 15) is 4.79 Å². The molecule has 1 amide bonds. The van der Waals surface area contributed by atoms with Crippen LogP contribution in [0, 0.1) is 13.8 Å². The van der Waals surface area contributed by atoms with Gasteiger partial charge in [0.05, 0.1) is 0 Å². The standard InChI is InChI=1S/C12H17NO2/c1-9-4-5-10(2)11(8-9)6-7-13(3)12(14)15/h4-5,8H,6-7H2,1-3H3,(H,14,15). The van der Waals surface area contributed by atoms with Crippen LogP contribution in [0.3, 0.4) is 0 Å². The van der Waals surface area contributed by atoms with Crippen molar-refractivity contribution in [2.75, 3.05) is 13.6 Å². The first-order valence-corrected chi connectivity index (χ1v) is 5.01. The lowest BCUT2D eigenvalue weighted by Gasteiger charge is -2.14. The molecular formula is C12H17NO2. The molecular weight excluding hydrogens is 190 g/mol. The summed E-state index contributed by atoms with van der Waals surface area (Å²) in [7, 11) is 1.59. The molecule has 82 valence electrons. The number of hydrogen-bond acceptors (Lipinski definition) is 1. The van der Waals surface area contributed by atoms with Crippen molar-refractivity contribution in [1.82, 2.24) is 4.90 Å². The Kier molecular flexibility index (Phi) is 3.72. The summed E-state index contributed by atoms with van der Waals surface area (Å²) in [6, 6.07) is 6.26. The van der Waals surface area contributed by atoms with E-state index in [0.29, 0.717) is 6.54 Å². The van der Waals surface area contributed by atoms with Gasteiger partial charge in [-0.25, -0.2) is 4.79 Å². The molecule has 1 aromatic rings. The fourth-order valence-corrected chi connectivity index (χ4v) is 1.45. The fourth-order valence-electron chi connectivity index (χ4n) is 1.45. The van der Waals surface area contributed by atoms with Crippen molar-refractivity contribution in [3.63, 3.8) is 0 Å². The highest BCUT2D eigenvalue weighted by Gasteiger charge is 2.06. The van der Waals surface area contributed by atoms with Crippen molar-refractivity contribution in [2.45, 2.75) is 20.3 Å². The van der Waals surface area contributed by atoms with Crippen molar-refractivity contribution in [3.8, 4) is 0 Å². The first-order chi connectivity index (χ1) is 7.00. The number of likely N-dealkylation sites (N-methyl/N-ethyl adjacent to an activating group) is 1. The second kappa shape index (κ2) is 4.82. The van der Waals surface area contributed by atoms with Crippen LogP contribution in [-0.2, 0) is 6.42 Å². The zero-order valence-corrected chi connectivity index (χ0v) is 9.45. The quantitative estimate of drug-likeness (QED) is 0.827. The zero-order chi connectivity index (χ0) is 11.4. The van der Waals surface area contributed by atoms with E-state index in [1.54, 1.807) is 7.05 Å². The molecule has 0 bridgehead atoms. The third-order valence-electron chi connectivity index (χ3n) is 2.55. The van der Waals surface area contributed by atoms with Gasteiger partial charge in [0.1, 0.15) is 0 Å². The smallest absolute Gasteiger partial charge is 0.407 e. The molecule has 0 unspecified atom stereocenters. The van der Waals surface area contributed by atoms with Crippen LogP contribution in [0.5, 0.6) is 0 Å². The number of carbonyl (C=O) groups is 1. The van der Waals surface area contributed by atoms with Gasteiger partial charge in [-0.1, -0.05) is 23.8 Å². The van der Waals surface area contributed by atoms with Gasteiger partial charge in [0.2, 0.25) is 0 Å². The van der Waals surface area contributed by atoms with Crippen LogP contribution in [0.2, 0.25) is 0 Å². The van der Waals surface area contributed by atoms with Crippen LogP contribution in [0.25, 0.3) is 0 Å². The number of carboxylic acid groups (broad SMARTS) is 1. The molecule has 0 atom stereocenters. The van der Waals surface area contributed by atoms with Gasteiger partial charge in [-0.15, -0.1) is 0 Å². The number of hydrogen-bond donors (Lipinski definition) is 1. The normalized spacial score (nSPS) is 10.1. The van der Waals surface area contributed by atoms with E-state index in [1.807, 2.05) is 6.92 Å². The van der Waals surface area contributed by atoms with E-state index < -0.39 is 6.09 Å². The van der Waals surface area contributed by atoms with Crippen molar-refractivity contribution in [1.29, 1.82) is 0 Å². The summed E-state index contributed by atoms with van der Waals surface area (Å²) >= 11 is 0. The third kappa shape index (κ3) is 3.27.